The highest BCUT2D eigenvalue weighted by atomic mass is 16.5. The first-order valence-electron chi connectivity index (χ1n) is 4.99. The summed E-state index contributed by atoms with van der Waals surface area (Å²) in [7, 11) is 1.66. The van der Waals surface area contributed by atoms with E-state index in [4.69, 9.17) is 10.5 Å². The molecule has 78 valence electrons. The summed E-state index contributed by atoms with van der Waals surface area (Å²) in [6, 6.07) is 0. The van der Waals surface area contributed by atoms with E-state index in [0.29, 0.717) is 19.6 Å². The van der Waals surface area contributed by atoms with Gasteiger partial charge in [-0.2, -0.15) is 0 Å². The summed E-state index contributed by atoms with van der Waals surface area (Å²) in [4.78, 5) is 0. The van der Waals surface area contributed by atoms with Gasteiger partial charge in [-0.15, -0.1) is 0 Å². The quantitative estimate of drug-likeness (QED) is 0.672. The van der Waals surface area contributed by atoms with Crippen molar-refractivity contribution in [3.05, 3.63) is 0 Å². The zero-order valence-electron chi connectivity index (χ0n) is 8.68. The molecule has 0 amide bonds. The van der Waals surface area contributed by atoms with Gasteiger partial charge in [0.15, 0.2) is 0 Å². The van der Waals surface area contributed by atoms with Crippen LogP contribution in [0, 0.1) is 5.41 Å². The first kappa shape index (κ1) is 11.0. The molecule has 1 fully saturated rings. The molecule has 0 spiro atoms. The van der Waals surface area contributed by atoms with Gasteiger partial charge >= 0.3 is 0 Å². The molecule has 3 N–H and O–H groups in total. The zero-order valence-corrected chi connectivity index (χ0v) is 8.68. The summed E-state index contributed by atoms with van der Waals surface area (Å²) in [6.45, 7) is 3.08. The molecule has 3 nitrogen and oxygen atoms in total. The van der Waals surface area contributed by atoms with Crippen molar-refractivity contribution in [1.82, 2.24) is 0 Å². The Hall–Kier alpha value is -0.120. The maximum absolute atomic E-state index is 10.3. The van der Waals surface area contributed by atoms with Crippen LogP contribution in [0.4, 0.5) is 0 Å². The van der Waals surface area contributed by atoms with Gasteiger partial charge in [-0.3, -0.25) is 0 Å². The van der Waals surface area contributed by atoms with Crippen LogP contribution in [0.15, 0.2) is 0 Å². The van der Waals surface area contributed by atoms with Crippen LogP contribution in [-0.4, -0.2) is 31.0 Å². The maximum atomic E-state index is 10.3. The molecule has 0 aliphatic heterocycles. The average molecular weight is 187 g/mol. The standard InChI is InChI=1S/C10H21NO2/c1-9(12,6-7-13-2)10(8-11)4-3-5-10/h12H,3-8,11H2,1-2H3. The molecule has 0 radical (unpaired) electrons. The lowest BCUT2D eigenvalue weighted by molar-refractivity contribution is -0.122. The van der Waals surface area contributed by atoms with E-state index in [0.717, 1.165) is 12.8 Å². The fourth-order valence-electron chi connectivity index (χ4n) is 2.13. The second-order valence-corrected chi connectivity index (χ2v) is 4.35. The number of nitrogens with two attached hydrogens (primary N) is 1. The molecule has 0 saturated heterocycles. The Balaban J connectivity index is 2.54. The van der Waals surface area contributed by atoms with Crippen molar-refractivity contribution in [1.29, 1.82) is 0 Å². The minimum atomic E-state index is -0.657. The van der Waals surface area contributed by atoms with Crippen LogP contribution < -0.4 is 5.73 Å². The van der Waals surface area contributed by atoms with Crippen LogP contribution >= 0.6 is 0 Å². The fraction of sp³-hybridized carbons (Fsp3) is 1.00. The molecule has 0 aromatic heterocycles. The van der Waals surface area contributed by atoms with Gasteiger partial charge in [0.2, 0.25) is 0 Å². The second-order valence-electron chi connectivity index (χ2n) is 4.35. The summed E-state index contributed by atoms with van der Waals surface area (Å²) < 4.78 is 4.99. The molecule has 1 aliphatic rings. The molecule has 0 aromatic carbocycles. The Kier molecular flexibility index (Phi) is 3.33. The number of ether oxygens (including phenoxy) is 1. The van der Waals surface area contributed by atoms with Gasteiger partial charge in [0, 0.05) is 25.7 Å². The predicted molar refractivity (Wildman–Crippen MR) is 52.5 cm³/mol. The third kappa shape index (κ3) is 1.87. The highest BCUT2D eigenvalue weighted by Crippen LogP contribution is 2.49. The summed E-state index contributed by atoms with van der Waals surface area (Å²) >= 11 is 0. The highest BCUT2D eigenvalue weighted by molar-refractivity contribution is 5.01. The second kappa shape index (κ2) is 3.95. The fourth-order valence-corrected chi connectivity index (χ4v) is 2.13. The SMILES string of the molecule is COCCC(C)(O)C1(CN)CCC1. The minimum absolute atomic E-state index is 0.0362. The van der Waals surface area contributed by atoms with Crippen molar-refractivity contribution in [2.45, 2.75) is 38.2 Å². The number of hydrogen-bond donors (Lipinski definition) is 2. The molecule has 0 bridgehead atoms. The summed E-state index contributed by atoms with van der Waals surface area (Å²) in [5.41, 5.74) is 5.03. The van der Waals surface area contributed by atoms with Gasteiger partial charge in [0.1, 0.15) is 0 Å². The molecular weight excluding hydrogens is 166 g/mol. The van der Waals surface area contributed by atoms with Crippen molar-refractivity contribution in [2.24, 2.45) is 11.1 Å². The lowest BCUT2D eigenvalue weighted by Gasteiger charge is -2.51. The van der Waals surface area contributed by atoms with Gasteiger partial charge in [-0.25, -0.2) is 0 Å². The van der Waals surface area contributed by atoms with Crippen LogP contribution in [0.25, 0.3) is 0 Å². The molecule has 3 heteroatoms. The molecule has 13 heavy (non-hydrogen) atoms. The van der Waals surface area contributed by atoms with E-state index in [1.165, 1.54) is 6.42 Å². The average Bonchev–Trinajstić information content (AvgIpc) is 1.99. The number of rotatable bonds is 5. The lowest BCUT2D eigenvalue weighted by atomic mass is 9.58. The summed E-state index contributed by atoms with van der Waals surface area (Å²) in [5, 5.41) is 10.3. The van der Waals surface area contributed by atoms with Gasteiger partial charge in [-0.1, -0.05) is 6.42 Å². The monoisotopic (exact) mass is 187 g/mol. The summed E-state index contributed by atoms with van der Waals surface area (Å²) in [5.74, 6) is 0. The van der Waals surface area contributed by atoms with Crippen LogP contribution in [0.5, 0.6) is 0 Å². The lowest BCUT2D eigenvalue weighted by Crippen LogP contribution is -2.55. The van der Waals surface area contributed by atoms with Crippen LogP contribution in [0.1, 0.15) is 32.6 Å². The van der Waals surface area contributed by atoms with Crippen molar-refractivity contribution < 1.29 is 9.84 Å². The van der Waals surface area contributed by atoms with Crippen LogP contribution in [0.3, 0.4) is 0 Å². The highest BCUT2D eigenvalue weighted by Gasteiger charge is 2.49. The van der Waals surface area contributed by atoms with E-state index >= 15 is 0 Å². The Morgan fingerprint density at radius 1 is 1.54 bits per heavy atom. The third-order valence-corrected chi connectivity index (χ3v) is 3.64. The Morgan fingerprint density at radius 3 is 2.46 bits per heavy atom. The summed E-state index contributed by atoms with van der Waals surface area (Å²) in [6.07, 6.45) is 3.99. The Labute approximate surface area is 80.3 Å². The topological polar surface area (TPSA) is 55.5 Å². The van der Waals surface area contributed by atoms with Gasteiger partial charge < -0.3 is 15.6 Å². The third-order valence-electron chi connectivity index (χ3n) is 3.64. The first-order chi connectivity index (χ1) is 6.08. The van der Waals surface area contributed by atoms with Crippen LogP contribution in [0.2, 0.25) is 0 Å². The predicted octanol–water partition coefficient (Wildman–Crippen LogP) is 0.903. The van der Waals surface area contributed by atoms with Gasteiger partial charge in [-0.05, 0) is 26.2 Å². The van der Waals surface area contributed by atoms with E-state index in [9.17, 15) is 5.11 Å². The maximum Gasteiger partial charge on any atom is 0.0709 e. The van der Waals surface area contributed by atoms with Gasteiger partial charge in [0.05, 0.1) is 5.60 Å². The van der Waals surface area contributed by atoms with Crippen molar-refractivity contribution in [3.63, 3.8) is 0 Å². The van der Waals surface area contributed by atoms with E-state index in [1.54, 1.807) is 7.11 Å². The van der Waals surface area contributed by atoms with Crippen molar-refractivity contribution >= 4 is 0 Å². The molecule has 0 heterocycles. The molecule has 0 aromatic rings. The van der Waals surface area contributed by atoms with Crippen LogP contribution in [-0.2, 0) is 4.74 Å². The molecule has 1 atom stereocenters. The van der Waals surface area contributed by atoms with E-state index in [1.807, 2.05) is 6.92 Å². The van der Waals surface area contributed by atoms with Crippen molar-refractivity contribution in [3.8, 4) is 0 Å². The van der Waals surface area contributed by atoms with Crippen molar-refractivity contribution in [2.75, 3.05) is 20.3 Å². The van der Waals surface area contributed by atoms with E-state index in [2.05, 4.69) is 0 Å². The molecule has 1 saturated carbocycles. The first-order valence-corrected chi connectivity index (χ1v) is 4.99. The number of methoxy groups -OCH3 is 1. The van der Waals surface area contributed by atoms with E-state index < -0.39 is 5.60 Å². The molecule has 1 aliphatic carbocycles. The Bertz CT molecular complexity index is 159. The zero-order chi connectivity index (χ0) is 9.95. The molecular formula is C10H21NO2. The normalized spacial score (nSPS) is 24.9. The van der Waals surface area contributed by atoms with E-state index in [-0.39, 0.29) is 5.41 Å². The largest absolute Gasteiger partial charge is 0.389 e. The van der Waals surface area contributed by atoms with Gasteiger partial charge in [0.25, 0.3) is 0 Å². The Morgan fingerprint density at radius 2 is 2.15 bits per heavy atom. The number of hydrogen-bond acceptors (Lipinski definition) is 3. The molecule has 1 unspecified atom stereocenters. The smallest absolute Gasteiger partial charge is 0.0709 e. The molecule has 1 rings (SSSR count). The minimum Gasteiger partial charge on any atom is -0.389 e. The number of aliphatic hydroxyl groups is 1.